The van der Waals surface area contributed by atoms with Crippen molar-refractivity contribution < 1.29 is 57.9 Å². The topological polar surface area (TPSA) is 185 Å². The summed E-state index contributed by atoms with van der Waals surface area (Å²) in [7, 11) is 0. The molecule has 0 saturated carbocycles. The molecule has 0 bridgehead atoms. The van der Waals surface area contributed by atoms with E-state index in [0.717, 1.165) is 24.3 Å². The molecule has 0 aliphatic heterocycles. The number of carbonyl (C=O) groups is 6. The van der Waals surface area contributed by atoms with Gasteiger partial charge in [0.1, 0.15) is 0 Å². The monoisotopic (exact) mass is 606 g/mol. The molecule has 0 fully saturated rings. The van der Waals surface area contributed by atoms with E-state index >= 15 is 0 Å². The standard InChI is InChI=1S/2C14H20O6.Ca/c2*1-5-12(15)19-9(3)7-11(14(17)18)8-10(4)20-13(16)6-2;/h2*5-6,9-11H,1-2,7-8H2,3-4H3,(H,17,18);/q;;+2/p-2. The number of rotatable bonds is 18. The van der Waals surface area contributed by atoms with Gasteiger partial charge in [0.2, 0.25) is 0 Å². The van der Waals surface area contributed by atoms with Crippen LogP contribution in [0.1, 0.15) is 53.4 Å². The third kappa shape index (κ3) is 22.4. The molecule has 0 aliphatic rings. The molecule has 224 valence electrons. The van der Waals surface area contributed by atoms with Gasteiger partial charge in [-0.25, -0.2) is 19.2 Å². The third-order valence-electron chi connectivity index (χ3n) is 5.07. The summed E-state index contributed by atoms with van der Waals surface area (Å²) in [5, 5.41) is 22.1. The van der Waals surface area contributed by atoms with E-state index in [1.807, 2.05) is 0 Å². The Balaban J connectivity index is -0.000000688. The molecule has 12 nitrogen and oxygen atoms in total. The molecular formula is C28H38CaO12. The molecule has 0 aliphatic carbocycles. The first-order chi connectivity index (χ1) is 18.6. The van der Waals surface area contributed by atoms with Gasteiger partial charge in [-0.2, -0.15) is 0 Å². The third-order valence-corrected chi connectivity index (χ3v) is 5.07. The van der Waals surface area contributed by atoms with Crippen molar-refractivity contribution in [3.63, 3.8) is 0 Å². The quantitative estimate of drug-likeness (QED) is 0.0904. The Hall–Kier alpha value is -2.96. The van der Waals surface area contributed by atoms with Crippen LogP contribution in [0.4, 0.5) is 0 Å². The number of ether oxygens (including phenoxy) is 4. The van der Waals surface area contributed by atoms with Crippen molar-refractivity contribution >= 4 is 73.6 Å². The van der Waals surface area contributed by atoms with Crippen molar-refractivity contribution in [1.29, 1.82) is 0 Å². The normalized spacial score (nSPS) is 14.1. The van der Waals surface area contributed by atoms with Crippen LogP contribution in [0.25, 0.3) is 0 Å². The van der Waals surface area contributed by atoms with E-state index in [2.05, 4.69) is 26.3 Å². The van der Waals surface area contributed by atoms with Crippen LogP contribution in [0.2, 0.25) is 0 Å². The van der Waals surface area contributed by atoms with Crippen molar-refractivity contribution in [2.75, 3.05) is 0 Å². The number of hydrogen-bond donors (Lipinski definition) is 0. The summed E-state index contributed by atoms with van der Waals surface area (Å²) in [4.78, 5) is 66.1. The minimum atomic E-state index is -1.28. The molecule has 0 spiro atoms. The zero-order valence-electron chi connectivity index (χ0n) is 24.0. The van der Waals surface area contributed by atoms with Crippen LogP contribution in [-0.4, -0.2) is 98.0 Å². The second kappa shape index (κ2) is 23.7. The molecule has 0 aromatic rings. The maximum absolute atomic E-state index is 11.0. The van der Waals surface area contributed by atoms with Gasteiger partial charge in [-0.1, -0.05) is 26.3 Å². The molecule has 0 saturated heterocycles. The molecule has 0 radical (unpaired) electrons. The predicted octanol–water partition coefficient (Wildman–Crippen LogP) is 0.355. The molecule has 13 heteroatoms. The van der Waals surface area contributed by atoms with Gasteiger partial charge in [0.05, 0.1) is 24.4 Å². The number of carbonyl (C=O) groups excluding carboxylic acids is 6. The summed E-state index contributed by atoms with van der Waals surface area (Å²) >= 11 is 0. The first kappa shape index (κ1) is 42.5. The molecule has 0 heterocycles. The fourth-order valence-electron chi connectivity index (χ4n) is 3.36. The van der Waals surface area contributed by atoms with Gasteiger partial charge in [-0.05, 0) is 53.4 Å². The smallest absolute Gasteiger partial charge is 0.550 e. The summed E-state index contributed by atoms with van der Waals surface area (Å²) in [6, 6.07) is 0. The van der Waals surface area contributed by atoms with E-state index in [-0.39, 0.29) is 63.4 Å². The summed E-state index contributed by atoms with van der Waals surface area (Å²) in [6.45, 7) is 19.3. The van der Waals surface area contributed by atoms with Crippen molar-refractivity contribution in [3.05, 3.63) is 50.6 Å². The minimum Gasteiger partial charge on any atom is -0.550 e. The molecule has 0 amide bonds. The van der Waals surface area contributed by atoms with Gasteiger partial charge < -0.3 is 38.7 Å². The molecule has 0 aromatic heterocycles. The van der Waals surface area contributed by atoms with Crippen molar-refractivity contribution in [2.24, 2.45) is 11.8 Å². The molecule has 4 atom stereocenters. The largest absolute Gasteiger partial charge is 2.00 e. The minimum absolute atomic E-state index is 0. The average molecular weight is 607 g/mol. The van der Waals surface area contributed by atoms with Crippen LogP contribution in [0.3, 0.4) is 0 Å². The zero-order valence-corrected chi connectivity index (χ0v) is 26.2. The van der Waals surface area contributed by atoms with Crippen LogP contribution in [0.5, 0.6) is 0 Å². The zero-order chi connectivity index (χ0) is 31.4. The van der Waals surface area contributed by atoms with Crippen LogP contribution < -0.4 is 10.2 Å². The van der Waals surface area contributed by atoms with Crippen LogP contribution >= 0.6 is 0 Å². The second-order valence-corrected chi connectivity index (χ2v) is 8.78. The fourth-order valence-corrected chi connectivity index (χ4v) is 3.36. The molecule has 4 unspecified atom stereocenters. The van der Waals surface area contributed by atoms with Gasteiger partial charge in [-0.3, -0.25) is 0 Å². The van der Waals surface area contributed by atoms with Gasteiger partial charge in [0.25, 0.3) is 0 Å². The molecule has 0 aromatic carbocycles. The number of carboxylic acid groups (broad SMARTS) is 2. The maximum atomic E-state index is 11.0. The molecule has 0 rings (SSSR count). The Morgan fingerprint density at radius 2 is 0.683 bits per heavy atom. The number of hydrogen-bond acceptors (Lipinski definition) is 12. The van der Waals surface area contributed by atoms with Crippen LogP contribution in [-0.2, 0) is 47.7 Å². The van der Waals surface area contributed by atoms with Crippen molar-refractivity contribution in [1.82, 2.24) is 0 Å². The van der Waals surface area contributed by atoms with Gasteiger partial charge in [0.15, 0.2) is 0 Å². The average Bonchev–Trinajstić information content (AvgIpc) is 2.87. The molecular weight excluding hydrogens is 568 g/mol. The van der Waals surface area contributed by atoms with E-state index in [1.54, 1.807) is 27.7 Å². The summed E-state index contributed by atoms with van der Waals surface area (Å²) in [5.74, 6) is -6.85. The Morgan fingerprint density at radius 1 is 0.512 bits per heavy atom. The molecule has 0 N–H and O–H groups in total. The van der Waals surface area contributed by atoms with Gasteiger partial charge in [0, 0.05) is 48.1 Å². The Labute approximate surface area is 270 Å². The number of aliphatic carboxylic acids is 2. The maximum Gasteiger partial charge on any atom is 2.00 e. The summed E-state index contributed by atoms with van der Waals surface area (Å²) in [6.07, 6.45) is 1.84. The Bertz CT molecular complexity index is 795. The van der Waals surface area contributed by atoms with Crippen LogP contribution in [0.15, 0.2) is 50.6 Å². The molecule has 41 heavy (non-hydrogen) atoms. The van der Waals surface area contributed by atoms with Gasteiger partial charge in [-0.15, -0.1) is 0 Å². The fraction of sp³-hybridized carbons (Fsp3) is 0.500. The Kier molecular flexibility index (Phi) is 24.6. The SMILES string of the molecule is C=CC(=O)OC(C)CC(CC(C)OC(=O)C=C)C(=O)[O-].C=CC(=O)OC(C)CC(CC(C)OC(=O)C=C)C(=O)[O-].[Ca+2]. The number of esters is 4. The van der Waals surface area contributed by atoms with E-state index in [4.69, 9.17) is 18.9 Å². The Morgan fingerprint density at radius 3 is 0.805 bits per heavy atom. The van der Waals surface area contributed by atoms with E-state index in [9.17, 15) is 39.0 Å². The van der Waals surface area contributed by atoms with E-state index in [1.165, 1.54) is 0 Å². The summed E-state index contributed by atoms with van der Waals surface area (Å²) < 4.78 is 19.6. The summed E-state index contributed by atoms with van der Waals surface area (Å²) in [5.41, 5.74) is 0. The van der Waals surface area contributed by atoms with Crippen molar-refractivity contribution in [3.8, 4) is 0 Å². The van der Waals surface area contributed by atoms with Crippen molar-refractivity contribution in [2.45, 2.75) is 77.8 Å². The van der Waals surface area contributed by atoms with Crippen LogP contribution in [0, 0.1) is 11.8 Å². The second-order valence-electron chi connectivity index (χ2n) is 8.78. The van der Waals surface area contributed by atoms with E-state index in [0.29, 0.717) is 0 Å². The van der Waals surface area contributed by atoms with Gasteiger partial charge >= 0.3 is 61.6 Å². The number of carboxylic acids is 2. The predicted molar refractivity (Wildman–Crippen MR) is 144 cm³/mol. The van der Waals surface area contributed by atoms with E-state index < -0.39 is 72.1 Å². The first-order valence-corrected chi connectivity index (χ1v) is 12.3. The first-order valence-electron chi connectivity index (χ1n) is 12.3.